The van der Waals surface area contributed by atoms with Crippen LogP contribution in [0.5, 0.6) is 0 Å². The van der Waals surface area contributed by atoms with Crippen molar-refractivity contribution in [2.24, 2.45) is 23.7 Å². The van der Waals surface area contributed by atoms with Gasteiger partial charge in [-0.2, -0.15) is 0 Å². The molecule has 2 fully saturated rings. The van der Waals surface area contributed by atoms with Crippen LogP contribution in [0.4, 0.5) is 0 Å². The lowest BCUT2D eigenvalue weighted by atomic mass is 9.86. The molecule has 1 aliphatic heterocycles. The van der Waals surface area contributed by atoms with Crippen molar-refractivity contribution in [3.63, 3.8) is 0 Å². The van der Waals surface area contributed by atoms with Crippen molar-refractivity contribution < 1.29 is 14.6 Å². The first-order valence-electron chi connectivity index (χ1n) is 5.44. The fraction of sp³-hybridized carbons (Fsp3) is 1.00. The molecule has 82 valence electrons. The fourth-order valence-corrected chi connectivity index (χ4v) is 3.27. The Bertz CT molecular complexity index is 219. The smallest absolute Gasteiger partial charge is 0.160 e. The molecule has 0 aromatic rings. The standard InChI is InChI=1S/C11H20O3/c1-5-8-6(2)11(13-4)14-10(8)7(3)9(5)12/h5-12H,1-4H3/t5-,6-,7-,8+,9+,10+,11-/m1/s1. The predicted octanol–water partition coefficient (Wildman–Crippen LogP) is 1.26. The van der Waals surface area contributed by atoms with Crippen LogP contribution in [0.15, 0.2) is 0 Å². The maximum absolute atomic E-state index is 9.93. The summed E-state index contributed by atoms with van der Waals surface area (Å²) in [5, 5.41) is 9.93. The Kier molecular flexibility index (Phi) is 2.58. The highest BCUT2D eigenvalue weighted by molar-refractivity contribution is 5.00. The second kappa shape index (κ2) is 3.47. The van der Waals surface area contributed by atoms with Gasteiger partial charge in [0.15, 0.2) is 6.29 Å². The third kappa shape index (κ3) is 1.23. The number of aliphatic hydroxyl groups excluding tert-OH is 1. The van der Waals surface area contributed by atoms with Crippen LogP contribution < -0.4 is 0 Å². The molecule has 1 saturated heterocycles. The molecule has 1 saturated carbocycles. The van der Waals surface area contributed by atoms with E-state index in [0.717, 1.165) is 0 Å². The van der Waals surface area contributed by atoms with E-state index >= 15 is 0 Å². The Morgan fingerprint density at radius 2 is 1.71 bits per heavy atom. The Hall–Kier alpha value is -0.120. The van der Waals surface area contributed by atoms with Gasteiger partial charge in [0.1, 0.15) is 0 Å². The van der Waals surface area contributed by atoms with Gasteiger partial charge in [0.05, 0.1) is 12.2 Å². The van der Waals surface area contributed by atoms with Gasteiger partial charge < -0.3 is 14.6 Å². The molecule has 0 amide bonds. The van der Waals surface area contributed by atoms with Crippen LogP contribution in [-0.2, 0) is 9.47 Å². The first kappa shape index (κ1) is 10.4. The van der Waals surface area contributed by atoms with Crippen LogP contribution in [0, 0.1) is 23.7 Å². The summed E-state index contributed by atoms with van der Waals surface area (Å²) in [4.78, 5) is 0. The number of hydrogen-bond acceptors (Lipinski definition) is 3. The largest absolute Gasteiger partial charge is 0.392 e. The minimum atomic E-state index is -0.217. The van der Waals surface area contributed by atoms with Crippen molar-refractivity contribution in [1.82, 2.24) is 0 Å². The predicted molar refractivity (Wildman–Crippen MR) is 52.7 cm³/mol. The monoisotopic (exact) mass is 200 g/mol. The summed E-state index contributed by atoms with van der Waals surface area (Å²) in [5.41, 5.74) is 0. The molecule has 1 N–H and O–H groups in total. The van der Waals surface area contributed by atoms with Crippen molar-refractivity contribution in [1.29, 1.82) is 0 Å². The zero-order chi connectivity index (χ0) is 10.5. The molecule has 3 nitrogen and oxygen atoms in total. The SMILES string of the molecule is CO[C@@H]1O[C@H]2[C@H](C)[C@@H](O)[C@H](C)[C@H]2[C@H]1C. The van der Waals surface area contributed by atoms with E-state index in [-0.39, 0.29) is 24.4 Å². The number of methoxy groups -OCH3 is 1. The molecule has 14 heavy (non-hydrogen) atoms. The number of rotatable bonds is 1. The molecule has 0 unspecified atom stereocenters. The van der Waals surface area contributed by atoms with E-state index in [0.29, 0.717) is 17.8 Å². The highest BCUT2D eigenvalue weighted by atomic mass is 16.7. The molecule has 2 aliphatic rings. The van der Waals surface area contributed by atoms with Crippen LogP contribution >= 0.6 is 0 Å². The van der Waals surface area contributed by atoms with Gasteiger partial charge in [-0.05, 0) is 11.8 Å². The van der Waals surface area contributed by atoms with E-state index in [9.17, 15) is 5.11 Å². The van der Waals surface area contributed by atoms with Gasteiger partial charge in [-0.15, -0.1) is 0 Å². The van der Waals surface area contributed by atoms with Gasteiger partial charge in [-0.1, -0.05) is 20.8 Å². The molecule has 0 radical (unpaired) electrons. The molecule has 0 aromatic heterocycles. The minimum Gasteiger partial charge on any atom is -0.392 e. The first-order chi connectivity index (χ1) is 6.57. The summed E-state index contributed by atoms with van der Waals surface area (Å²) in [5.74, 6) is 1.40. The van der Waals surface area contributed by atoms with Crippen LogP contribution in [0.25, 0.3) is 0 Å². The Labute approximate surface area is 85.4 Å². The summed E-state index contributed by atoms with van der Waals surface area (Å²) in [6.07, 6.45) is -0.118. The average molecular weight is 200 g/mol. The third-order valence-corrected chi connectivity index (χ3v) is 4.14. The van der Waals surface area contributed by atoms with Gasteiger partial charge in [0.2, 0.25) is 0 Å². The van der Waals surface area contributed by atoms with E-state index < -0.39 is 0 Å². The molecular weight excluding hydrogens is 180 g/mol. The van der Waals surface area contributed by atoms with Crippen LogP contribution in [0.1, 0.15) is 20.8 Å². The van der Waals surface area contributed by atoms with Crippen molar-refractivity contribution >= 4 is 0 Å². The van der Waals surface area contributed by atoms with Gasteiger partial charge in [0.25, 0.3) is 0 Å². The summed E-state index contributed by atoms with van der Waals surface area (Å²) in [6.45, 7) is 6.33. The summed E-state index contributed by atoms with van der Waals surface area (Å²) in [6, 6.07) is 0. The third-order valence-electron chi connectivity index (χ3n) is 4.14. The molecule has 0 bridgehead atoms. The van der Waals surface area contributed by atoms with Crippen molar-refractivity contribution in [2.45, 2.75) is 39.3 Å². The number of aliphatic hydroxyl groups is 1. The molecule has 7 atom stereocenters. The summed E-state index contributed by atoms with van der Waals surface area (Å²) in [7, 11) is 1.69. The van der Waals surface area contributed by atoms with E-state index in [1.807, 2.05) is 0 Å². The molecule has 1 heterocycles. The van der Waals surface area contributed by atoms with Gasteiger partial charge in [0, 0.05) is 18.9 Å². The Morgan fingerprint density at radius 3 is 2.21 bits per heavy atom. The molecular formula is C11H20O3. The van der Waals surface area contributed by atoms with Gasteiger partial charge in [-0.3, -0.25) is 0 Å². The minimum absolute atomic E-state index is 0.0811. The van der Waals surface area contributed by atoms with Gasteiger partial charge >= 0.3 is 0 Å². The molecule has 2 rings (SSSR count). The van der Waals surface area contributed by atoms with E-state index in [4.69, 9.17) is 9.47 Å². The highest BCUT2D eigenvalue weighted by Gasteiger charge is 2.55. The topological polar surface area (TPSA) is 38.7 Å². The molecule has 0 spiro atoms. The lowest BCUT2D eigenvalue weighted by Gasteiger charge is -2.22. The van der Waals surface area contributed by atoms with E-state index in [1.54, 1.807) is 7.11 Å². The fourth-order valence-electron chi connectivity index (χ4n) is 3.27. The van der Waals surface area contributed by atoms with Crippen molar-refractivity contribution in [3.8, 4) is 0 Å². The number of hydrogen-bond donors (Lipinski definition) is 1. The molecule has 1 aliphatic carbocycles. The van der Waals surface area contributed by atoms with E-state index in [1.165, 1.54) is 0 Å². The quantitative estimate of drug-likeness (QED) is 0.692. The average Bonchev–Trinajstić information content (AvgIpc) is 2.60. The number of ether oxygens (including phenoxy) is 2. The normalized spacial score (nSPS) is 57.6. The Morgan fingerprint density at radius 1 is 1.07 bits per heavy atom. The zero-order valence-corrected chi connectivity index (χ0v) is 9.31. The van der Waals surface area contributed by atoms with Crippen LogP contribution in [0.2, 0.25) is 0 Å². The summed E-state index contributed by atoms with van der Waals surface area (Å²) >= 11 is 0. The zero-order valence-electron chi connectivity index (χ0n) is 9.31. The first-order valence-corrected chi connectivity index (χ1v) is 5.44. The lowest BCUT2D eigenvalue weighted by molar-refractivity contribution is -0.143. The summed E-state index contributed by atoms with van der Waals surface area (Å²) < 4.78 is 11.1. The van der Waals surface area contributed by atoms with E-state index in [2.05, 4.69) is 20.8 Å². The van der Waals surface area contributed by atoms with Crippen molar-refractivity contribution in [3.05, 3.63) is 0 Å². The highest BCUT2D eigenvalue weighted by Crippen LogP contribution is 2.49. The molecule has 3 heteroatoms. The molecule has 0 aromatic carbocycles. The maximum Gasteiger partial charge on any atom is 0.160 e. The second-order valence-corrected chi connectivity index (χ2v) is 4.85. The number of fused-ring (bicyclic) bond motifs is 1. The van der Waals surface area contributed by atoms with Crippen molar-refractivity contribution in [2.75, 3.05) is 7.11 Å². The maximum atomic E-state index is 9.93. The second-order valence-electron chi connectivity index (χ2n) is 4.85. The van der Waals surface area contributed by atoms with Crippen LogP contribution in [-0.4, -0.2) is 30.7 Å². The van der Waals surface area contributed by atoms with Crippen LogP contribution in [0.3, 0.4) is 0 Å². The lowest BCUT2D eigenvalue weighted by Crippen LogP contribution is -2.28. The Balaban J connectivity index is 2.18. The van der Waals surface area contributed by atoms with Gasteiger partial charge in [-0.25, -0.2) is 0 Å².